The average molecular weight is 160 g/mol. The summed E-state index contributed by atoms with van der Waals surface area (Å²) in [6.07, 6.45) is 12.5. The summed E-state index contributed by atoms with van der Waals surface area (Å²) in [6, 6.07) is 0. The third-order valence-electron chi connectivity index (χ3n) is 2.63. The minimum Gasteiger partial charge on any atom is -0.300 e. The number of ketones is 1. The summed E-state index contributed by atoms with van der Waals surface area (Å²) in [4.78, 5) is 11.3. The first-order valence-corrected chi connectivity index (χ1v) is 4.33. The molecule has 2 aliphatic rings. The Labute approximate surface area is 72.5 Å². The van der Waals surface area contributed by atoms with Crippen molar-refractivity contribution in [1.29, 1.82) is 0 Å². The first kappa shape index (κ1) is 7.53. The van der Waals surface area contributed by atoms with E-state index < -0.39 is 0 Å². The van der Waals surface area contributed by atoms with E-state index >= 15 is 0 Å². The van der Waals surface area contributed by atoms with Crippen molar-refractivity contribution in [3.63, 3.8) is 0 Å². The Balaban J connectivity index is 2.34. The largest absolute Gasteiger partial charge is 0.300 e. The standard InChI is InChI=1S/C11H12O/c1-8(12)11-9-4-2-3-5-10(11)7-6-9/h2-7,9-11H,1H3/t9-,10+,11?. The highest BCUT2D eigenvalue weighted by Gasteiger charge is 2.32. The predicted molar refractivity (Wildman–Crippen MR) is 48.6 cm³/mol. The van der Waals surface area contributed by atoms with Crippen molar-refractivity contribution in [2.24, 2.45) is 17.8 Å². The van der Waals surface area contributed by atoms with E-state index in [1.807, 2.05) is 12.2 Å². The molecule has 62 valence electrons. The number of rotatable bonds is 1. The van der Waals surface area contributed by atoms with Gasteiger partial charge in [-0.05, 0) is 6.92 Å². The molecule has 2 aliphatic carbocycles. The summed E-state index contributed by atoms with van der Waals surface area (Å²) in [7, 11) is 0. The minimum atomic E-state index is 0.167. The summed E-state index contributed by atoms with van der Waals surface area (Å²) < 4.78 is 0. The van der Waals surface area contributed by atoms with Gasteiger partial charge in [-0.2, -0.15) is 0 Å². The lowest BCUT2D eigenvalue weighted by atomic mass is 9.86. The number of fused-ring (bicyclic) bond motifs is 2. The fourth-order valence-corrected chi connectivity index (χ4v) is 2.05. The Morgan fingerprint density at radius 1 is 1.00 bits per heavy atom. The van der Waals surface area contributed by atoms with Gasteiger partial charge in [0.1, 0.15) is 5.78 Å². The third-order valence-corrected chi connectivity index (χ3v) is 2.63. The molecular weight excluding hydrogens is 148 g/mol. The fourth-order valence-electron chi connectivity index (χ4n) is 2.05. The SMILES string of the molecule is CC(=O)C1[C@@H]2C=CC=C[C@H]1C=C2. The molecule has 2 rings (SSSR count). The zero-order chi connectivity index (χ0) is 8.55. The summed E-state index contributed by atoms with van der Waals surface area (Å²) >= 11 is 0. The number of hydrogen-bond donors (Lipinski definition) is 0. The molecule has 0 spiro atoms. The Hall–Kier alpha value is -1.11. The molecule has 1 unspecified atom stereocenters. The van der Waals surface area contributed by atoms with Crippen LogP contribution in [0.2, 0.25) is 0 Å². The molecule has 0 saturated carbocycles. The number of carbonyl (C=O) groups is 1. The smallest absolute Gasteiger partial charge is 0.134 e. The third kappa shape index (κ3) is 1.06. The Bertz CT molecular complexity index is 261. The van der Waals surface area contributed by atoms with E-state index in [2.05, 4.69) is 24.3 Å². The minimum absolute atomic E-state index is 0.167. The van der Waals surface area contributed by atoms with Crippen LogP contribution in [0.25, 0.3) is 0 Å². The molecule has 0 aromatic carbocycles. The van der Waals surface area contributed by atoms with Gasteiger partial charge in [0.05, 0.1) is 0 Å². The summed E-state index contributed by atoms with van der Waals surface area (Å²) in [5.74, 6) is 1.14. The van der Waals surface area contributed by atoms with E-state index in [9.17, 15) is 4.79 Å². The predicted octanol–water partition coefficient (Wildman–Crippen LogP) is 2.12. The maximum Gasteiger partial charge on any atom is 0.134 e. The van der Waals surface area contributed by atoms with Gasteiger partial charge >= 0.3 is 0 Å². The molecule has 0 fully saturated rings. The van der Waals surface area contributed by atoms with Gasteiger partial charge in [0.25, 0.3) is 0 Å². The fraction of sp³-hybridized carbons (Fsp3) is 0.364. The van der Waals surface area contributed by atoms with Crippen LogP contribution in [-0.2, 0) is 4.79 Å². The molecule has 1 nitrogen and oxygen atoms in total. The van der Waals surface area contributed by atoms with Gasteiger partial charge in [0.2, 0.25) is 0 Å². The summed E-state index contributed by atoms with van der Waals surface area (Å²) in [5, 5.41) is 0. The van der Waals surface area contributed by atoms with Crippen LogP contribution < -0.4 is 0 Å². The van der Waals surface area contributed by atoms with Crippen LogP contribution in [-0.4, -0.2) is 5.78 Å². The molecule has 0 saturated heterocycles. The maximum absolute atomic E-state index is 11.3. The summed E-state index contributed by atoms with van der Waals surface area (Å²) in [6.45, 7) is 1.69. The normalized spacial score (nSPS) is 36.9. The lowest BCUT2D eigenvalue weighted by molar-refractivity contribution is -0.121. The Morgan fingerprint density at radius 2 is 1.50 bits per heavy atom. The van der Waals surface area contributed by atoms with Crippen LogP contribution in [0.4, 0.5) is 0 Å². The molecule has 2 bridgehead atoms. The van der Waals surface area contributed by atoms with Crippen molar-refractivity contribution < 1.29 is 4.79 Å². The second kappa shape index (κ2) is 2.74. The van der Waals surface area contributed by atoms with Gasteiger partial charge in [-0.15, -0.1) is 0 Å². The Kier molecular flexibility index (Phi) is 1.72. The van der Waals surface area contributed by atoms with Gasteiger partial charge < -0.3 is 0 Å². The van der Waals surface area contributed by atoms with Gasteiger partial charge in [-0.25, -0.2) is 0 Å². The number of carbonyl (C=O) groups excluding carboxylic acids is 1. The molecule has 0 aliphatic heterocycles. The molecule has 12 heavy (non-hydrogen) atoms. The van der Waals surface area contributed by atoms with Gasteiger partial charge in [-0.3, -0.25) is 4.79 Å². The van der Waals surface area contributed by atoms with Crippen LogP contribution in [0.3, 0.4) is 0 Å². The van der Waals surface area contributed by atoms with E-state index in [1.54, 1.807) is 6.92 Å². The van der Waals surface area contributed by atoms with E-state index in [4.69, 9.17) is 0 Å². The van der Waals surface area contributed by atoms with Crippen molar-refractivity contribution in [2.75, 3.05) is 0 Å². The van der Waals surface area contributed by atoms with Gasteiger partial charge in [0, 0.05) is 17.8 Å². The molecule has 0 aromatic heterocycles. The lowest BCUT2D eigenvalue weighted by Gasteiger charge is -2.16. The molecular formula is C11H12O. The monoisotopic (exact) mass is 160 g/mol. The van der Waals surface area contributed by atoms with Crippen LogP contribution in [0.5, 0.6) is 0 Å². The molecule has 0 N–H and O–H groups in total. The average Bonchev–Trinajstić information content (AvgIpc) is 2.24. The zero-order valence-electron chi connectivity index (χ0n) is 7.10. The van der Waals surface area contributed by atoms with Crippen LogP contribution in [0.15, 0.2) is 36.5 Å². The quantitative estimate of drug-likeness (QED) is 0.537. The van der Waals surface area contributed by atoms with Crippen LogP contribution in [0, 0.1) is 17.8 Å². The molecule has 1 heteroatoms. The van der Waals surface area contributed by atoms with Crippen LogP contribution in [0.1, 0.15) is 6.92 Å². The molecule has 0 aromatic rings. The number of hydrogen-bond acceptors (Lipinski definition) is 1. The van der Waals surface area contributed by atoms with Crippen molar-refractivity contribution >= 4 is 5.78 Å². The highest BCUT2D eigenvalue weighted by molar-refractivity contribution is 5.80. The number of allylic oxidation sites excluding steroid dienone is 6. The first-order valence-electron chi connectivity index (χ1n) is 4.33. The summed E-state index contributed by atoms with van der Waals surface area (Å²) in [5.41, 5.74) is 0. The van der Waals surface area contributed by atoms with Crippen molar-refractivity contribution in [2.45, 2.75) is 6.92 Å². The molecule has 0 heterocycles. The molecule has 3 atom stereocenters. The molecule has 0 radical (unpaired) electrons. The number of Topliss-reactive ketones (excluding diaryl/α,β-unsaturated/α-hetero) is 1. The van der Waals surface area contributed by atoms with Gasteiger partial charge in [0.15, 0.2) is 0 Å². The first-order chi connectivity index (χ1) is 5.79. The highest BCUT2D eigenvalue weighted by atomic mass is 16.1. The van der Waals surface area contributed by atoms with Crippen molar-refractivity contribution in [1.82, 2.24) is 0 Å². The topological polar surface area (TPSA) is 17.1 Å². The van der Waals surface area contributed by atoms with Crippen molar-refractivity contribution in [3.8, 4) is 0 Å². The van der Waals surface area contributed by atoms with E-state index in [1.165, 1.54) is 0 Å². The van der Waals surface area contributed by atoms with Crippen LogP contribution >= 0.6 is 0 Å². The lowest BCUT2D eigenvalue weighted by Crippen LogP contribution is -2.20. The second-order valence-electron chi connectivity index (χ2n) is 3.45. The van der Waals surface area contributed by atoms with Gasteiger partial charge in [-0.1, -0.05) is 36.5 Å². The van der Waals surface area contributed by atoms with E-state index in [0.717, 1.165) is 0 Å². The second-order valence-corrected chi connectivity index (χ2v) is 3.45. The van der Waals surface area contributed by atoms with Crippen molar-refractivity contribution in [3.05, 3.63) is 36.5 Å². The highest BCUT2D eigenvalue weighted by Crippen LogP contribution is 2.35. The zero-order valence-corrected chi connectivity index (χ0v) is 7.10. The Morgan fingerprint density at radius 3 is 1.92 bits per heavy atom. The molecule has 0 amide bonds. The van der Waals surface area contributed by atoms with E-state index in [0.29, 0.717) is 17.6 Å². The maximum atomic E-state index is 11.3. The van der Waals surface area contributed by atoms with E-state index in [-0.39, 0.29) is 5.92 Å².